The number of anilines is 1. The standard InChI is InChI=1S/C17H24N2O/c1-2-13-6-5-10-19(11-9-13)17(20)16-12-14-7-3-4-8-15(14)18-16/h3-4,7-8,13,16,18H,2,5-6,9-12H2,1H3/t13?,16-/m0/s1. The van der Waals surface area contributed by atoms with Crippen LogP contribution < -0.4 is 5.32 Å². The molecule has 0 bridgehead atoms. The van der Waals surface area contributed by atoms with Crippen LogP contribution in [0, 0.1) is 5.92 Å². The number of likely N-dealkylation sites (tertiary alicyclic amines) is 1. The van der Waals surface area contributed by atoms with Gasteiger partial charge in [0.2, 0.25) is 5.91 Å². The first kappa shape index (κ1) is 13.5. The van der Waals surface area contributed by atoms with Crippen molar-refractivity contribution in [1.29, 1.82) is 0 Å². The van der Waals surface area contributed by atoms with Gasteiger partial charge in [-0.05, 0) is 36.8 Å². The van der Waals surface area contributed by atoms with Gasteiger partial charge in [0.1, 0.15) is 6.04 Å². The number of hydrogen-bond acceptors (Lipinski definition) is 2. The van der Waals surface area contributed by atoms with E-state index in [1.54, 1.807) is 0 Å². The summed E-state index contributed by atoms with van der Waals surface area (Å²) in [5, 5.41) is 3.39. The average molecular weight is 272 g/mol. The summed E-state index contributed by atoms with van der Waals surface area (Å²) in [6.45, 7) is 4.13. The van der Waals surface area contributed by atoms with Gasteiger partial charge in [-0.15, -0.1) is 0 Å². The monoisotopic (exact) mass is 272 g/mol. The number of hydrogen-bond donors (Lipinski definition) is 1. The van der Waals surface area contributed by atoms with E-state index in [0.29, 0.717) is 0 Å². The van der Waals surface area contributed by atoms with Crippen LogP contribution in [0.5, 0.6) is 0 Å². The Hall–Kier alpha value is -1.51. The SMILES string of the molecule is CCC1CCCN(C(=O)[C@@H]2Cc3ccccc3N2)CC1. The number of nitrogens with zero attached hydrogens (tertiary/aromatic N) is 1. The van der Waals surface area contributed by atoms with E-state index in [1.165, 1.54) is 24.8 Å². The molecule has 108 valence electrons. The number of rotatable bonds is 2. The van der Waals surface area contributed by atoms with Crippen LogP contribution in [0.25, 0.3) is 0 Å². The van der Waals surface area contributed by atoms with Crippen LogP contribution in [0.15, 0.2) is 24.3 Å². The van der Waals surface area contributed by atoms with Crippen molar-refractivity contribution in [1.82, 2.24) is 4.90 Å². The maximum atomic E-state index is 12.7. The summed E-state index contributed by atoms with van der Waals surface area (Å²) in [4.78, 5) is 14.8. The van der Waals surface area contributed by atoms with Crippen LogP contribution >= 0.6 is 0 Å². The van der Waals surface area contributed by atoms with E-state index in [2.05, 4.69) is 29.3 Å². The Morgan fingerprint density at radius 2 is 2.15 bits per heavy atom. The van der Waals surface area contributed by atoms with Crippen molar-refractivity contribution in [3.05, 3.63) is 29.8 Å². The molecule has 2 heterocycles. The zero-order valence-corrected chi connectivity index (χ0v) is 12.3. The minimum atomic E-state index is -0.0504. The van der Waals surface area contributed by atoms with E-state index in [9.17, 15) is 4.79 Å². The minimum Gasteiger partial charge on any atom is -0.373 e. The molecule has 20 heavy (non-hydrogen) atoms. The van der Waals surface area contributed by atoms with E-state index in [4.69, 9.17) is 0 Å². The molecule has 1 N–H and O–H groups in total. The maximum Gasteiger partial charge on any atom is 0.245 e. The Morgan fingerprint density at radius 3 is 2.95 bits per heavy atom. The number of carbonyl (C=O) groups is 1. The molecule has 3 rings (SSSR count). The van der Waals surface area contributed by atoms with Gasteiger partial charge < -0.3 is 10.2 Å². The van der Waals surface area contributed by atoms with Crippen LogP contribution in [-0.2, 0) is 11.2 Å². The Morgan fingerprint density at radius 1 is 1.30 bits per heavy atom. The molecule has 1 unspecified atom stereocenters. The lowest BCUT2D eigenvalue weighted by Gasteiger charge is -2.24. The highest BCUT2D eigenvalue weighted by molar-refractivity contribution is 5.87. The van der Waals surface area contributed by atoms with E-state index in [1.807, 2.05) is 12.1 Å². The third kappa shape index (κ3) is 2.67. The number of fused-ring (bicyclic) bond motifs is 1. The first-order valence-electron chi connectivity index (χ1n) is 7.91. The van der Waals surface area contributed by atoms with Crippen molar-refractivity contribution in [2.45, 2.75) is 45.1 Å². The summed E-state index contributed by atoms with van der Waals surface area (Å²) in [7, 11) is 0. The fourth-order valence-corrected chi connectivity index (χ4v) is 3.46. The van der Waals surface area contributed by atoms with Gasteiger partial charge >= 0.3 is 0 Å². The Labute approximate surface area is 121 Å². The van der Waals surface area contributed by atoms with E-state index >= 15 is 0 Å². The van der Waals surface area contributed by atoms with Gasteiger partial charge in [0, 0.05) is 25.2 Å². The van der Waals surface area contributed by atoms with E-state index < -0.39 is 0 Å². The fraction of sp³-hybridized carbons (Fsp3) is 0.588. The van der Waals surface area contributed by atoms with Crippen molar-refractivity contribution < 1.29 is 4.79 Å². The van der Waals surface area contributed by atoms with Crippen molar-refractivity contribution in [3.63, 3.8) is 0 Å². The van der Waals surface area contributed by atoms with Crippen molar-refractivity contribution in [2.24, 2.45) is 5.92 Å². The molecule has 1 fully saturated rings. The zero-order chi connectivity index (χ0) is 13.9. The van der Waals surface area contributed by atoms with Crippen LogP contribution in [0.1, 0.15) is 38.2 Å². The lowest BCUT2D eigenvalue weighted by Crippen LogP contribution is -2.42. The van der Waals surface area contributed by atoms with Gasteiger partial charge in [0.25, 0.3) is 0 Å². The first-order chi connectivity index (χ1) is 9.78. The molecule has 1 saturated heterocycles. The predicted octanol–water partition coefficient (Wildman–Crippen LogP) is 3.06. The van der Waals surface area contributed by atoms with E-state index in [0.717, 1.165) is 37.5 Å². The van der Waals surface area contributed by atoms with Gasteiger partial charge in [0.15, 0.2) is 0 Å². The van der Waals surface area contributed by atoms with Crippen molar-refractivity contribution in [2.75, 3.05) is 18.4 Å². The molecule has 0 aliphatic carbocycles. The summed E-state index contributed by atoms with van der Waals surface area (Å²) >= 11 is 0. The highest BCUT2D eigenvalue weighted by Gasteiger charge is 2.30. The smallest absolute Gasteiger partial charge is 0.245 e. The van der Waals surface area contributed by atoms with Crippen LogP contribution in [0.4, 0.5) is 5.69 Å². The molecule has 0 spiro atoms. The molecule has 1 aromatic rings. The first-order valence-corrected chi connectivity index (χ1v) is 7.91. The third-order valence-electron chi connectivity index (χ3n) is 4.81. The molecule has 2 aliphatic rings. The van der Waals surface area contributed by atoms with E-state index in [-0.39, 0.29) is 11.9 Å². The highest BCUT2D eigenvalue weighted by atomic mass is 16.2. The molecule has 0 saturated carbocycles. The molecule has 0 radical (unpaired) electrons. The summed E-state index contributed by atoms with van der Waals surface area (Å²) in [6, 6.07) is 8.20. The number of benzene rings is 1. The number of carbonyl (C=O) groups excluding carboxylic acids is 1. The molecule has 1 aromatic carbocycles. The Balaban J connectivity index is 1.63. The van der Waals surface area contributed by atoms with Gasteiger partial charge in [-0.25, -0.2) is 0 Å². The number of para-hydroxylation sites is 1. The Kier molecular flexibility index (Phi) is 3.95. The lowest BCUT2D eigenvalue weighted by molar-refractivity contribution is -0.131. The van der Waals surface area contributed by atoms with Gasteiger partial charge in [0.05, 0.1) is 0 Å². The third-order valence-corrected chi connectivity index (χ3v) is 4.81. The molecule has 2 aliphatic heterocycles. The quantitative estimate of drug-likeness (QED) is 0.897. The van der Waals surface area contributed by atoms with Gasteiger partial charge in [-0.2, -0.15) is 0 Å². The summed E-state index contributed by atoms with van der Waals surface area (Å²) in [6.07, 6.45) is 5.68. The zero-order valence-electron chi connectivity index (χ0n) is 12.3. The van der Waals surface area contributed by atoms with Crippen LogP contribution in [0.3, 0.4) is 0 Å². The second-order valence-corrected chi connectivity index (χ2v) is 6.09. The highest BCUT2D eigenvalue weighted by Crippen LogP contribution is 2.27. The molecule has 2 atom stereocenters. The molecule has 3 heteroatoms. The Bertz CT molecular complexity index is 461. The normalized spacial score (nSPS) is 25.8. The van der Waals surface area contributed by atoms with Gasteiger partial charge in [-0.1, -0.05) is 31.5 Å². The van der Waals surface area contributed by atoms with Crippen molar-refractivity contribution >= 4 is 11.6 Å². The average Bonchev–Trinajstić information content (AvgIpc) is 2.77. The van der Waals surface area contributed by atoms with Crippen LogP contribution in [-0.4, -0.2) is 29.9 Å². The van der Waals surface area contributed by atoms with Gasteiger partial charge in [-0.3, -0.25) is 4.79 Å². The number of amides is 1. The molecule has 1 amide bonds. The largest absolute Gasteiger partial charge is 0.373 e. The maximum absolute atomic E-state index is 12.7. The summed E-state index contributed by atoms with van der Waals surface area (Å²) < 4.78 is 0. The predicted molar refractivity (Wildman–Crippen MR) is 81.8 cm³/mol. The molecule has 0 aromatic heterocycles. The fourth-order valence-electron chi connectivity index (χ4n) is 3.46. The molecule has 3 nitrogen and oxygen atoms in total. The number of nitrogens with one attached hydrogen (secondary N) is 1. The summed E-state index contributed by atoms with van der Waals surface area (Å²) in [5.74, 6) is 1.10. The minimum absolute atomic E-state index is 0.0504. The second-order valence-electron chi connectivity index (χ2n) is 6.09. The lowest BCUT2D eigenvalue weighted by atomic mass is 9.98. The molecular weight excluding hydrogens is 248 g/mol. The second kappa shape index (κ2) is 5.86. The topological polar surface area (TPSA) is 32.3 Å². The van der Waals surface area contributed by atoms with Crippen molar-refractivity contribution in [3.8, 4) is 0 Å². The molecular formula is C17H24N2O. The van der Waals surface area contributed by atoms with Crippen LogP contribution in [0.2, 0.25) is 0 Å². The summed E-state index contributed by atoms with van der Waals surface area (Å²) in [5.41, 5.74) is 2.40.